The Kier molecular flexibility index (Phi) is 5.69. The minimum Gasteiger partial charge on any atom is -0.371 e. The van der Waals surface area contributed by atoms with Crippen molar-refractivity contribution in [3.05, 3.63) is 52.6 Å². The highest BCUT2D eigenvalue weighted by atomic mass is 19.1. The number of aromatic amines is 1. The maximum atomic E-state index is 15.8. The van der Waals surface area contributed by atoms with E-state index in [0.29, 0.717) is 0 Å². The number of carbonyl (C=O) groups is 1. The molecule has 5 atom stereocenters. The third kappa shape index (κ3) is 4.03. The Labute approximate surface area is 188 Å². The Morgan fingerprint density at radius 1 is 1.24 bits per heavy atom. The van der Waals surface area contributed by atoms with Gasteiger partial charge < -0.3 is 18.8 Å². The van der Waals surface area contributed by atoms with Crippen molar-refractivity contribution in [1.29, 1.82) is 0 Å². The van der Waals surface area contributed by atoms with Crippen LogP contribution in [0.2, 0.25) is 0 Å². The lowest BCUT2D eigenvalue weighted by atomic mass is 9.98. The Morgan fingerprint density at radius 3 is 2.79 bits per heavy atom. The van der Waals surface area contributed by atoms with Gasteiger partial charge in [0.05, 0.1) is 25.6 Å². The van der Waals surface area contributed by atoms with Gasteiger partial charge in [-0.2, -0.15) is 4.98 Å². The molecule has 1 amide bonds. The molecule has 2 fully saturated rings. The van der Waals surface area contributed by atoms with Crippen molar-refractivity contribution < 1.29 is 23.4 Å². The van der Waals surface area contributed by atoms with Gasteiger partial charge in [0.1, 0.15) is 12.2 Å². The van der Waals surface area contributed by atoms with Crippen molar-refractivity contribution in [2.24, 2.45) is 5.92 Å². The van der Waals surface area contributed by atoms with Crippen LogP contribution in [0.25, 0.3) is 11.2 Å². The van der Waals surface area contributed by atoms with Crippen LogP contribution in [-0.2, 0) is 19.0 Å². The summed E-state index contributed by atoms with van der Waals surface area (Å²) in [6.45, 7) is 3.66. The standard InChI is InChI=1S/C22H24FN5O5/c1-11(2)19(29)26-22-25-18-16(20(30)27-22)24-10-28(18)13-8-31-14-9-32-21(33-17(14)15(13)23)12-6-4-3-5-7-12/h3-7,10-11,13-15,17,21H,8-9H2,1-2H3,(H2,25,26,27,29,30)/t13-,14-,15+,17?,21-/m1/s1. The third-order valence-corrected chi connectivity index (χ3v) is 5.85. The van der Waals surface area contributed by atoms with Crippen LogP contribution >= 0.6 is 0 Å². The van der Waals surface area contributed by atoms with Gasteiger partial charge in [0.15, 0.2) is 23.6 Å². The quantitative estimate of drug-likeness (QED) is 0.616. The highest BCUT2D eigenvalue weighted by molar-refractivity contribution is 5.91. The van der Waals surface area contributed by atoms with Crippen LogP contribution in [0.1, 0.15) is 31.7 Å². The Hall–Kier alpha value is -3.15. The fourth-order valence-electron chi connectivity index (χ4n) is 4.01. The number of halogens is 1. The number of rotatable bonds is 4. The fraction of sp³-hybridized carbons (Fsp3) is 0.455. The Bertz CT molecular complexity index is 1210. The number of imidazole rings is 1. The summed E-state index contributed by atoms with van der Waals surface area (Å²) in [7, 11) is 0. The van der Waals surface area contributed by atoms with Crippen LogP contribution in [0.15, 0.2) is 41.5 Å². The van der Waals surface area contributed by atoms with Crippen molar-refractivity contribution in [3.63, 3.8) is 0 Å². The molecule has 33 heavy (non-hydrogen) atoms. The molecule has 174 valence electrons. The molecule has 1 unspecified atom stereocenters. The number of hydrogen-bond acceptors (Lipinski definition) is 7. The van der Waals surface area contributed by atoms with Gasteiger partial charge in [0, 0.05) is 11.5 Å². The number of H-pyrrole nitrogens is 1. The molecule has 0 radical (unpaired) electrons. The van der Waals surface area contributed by atoms with Crippen molar-refractivity contribution in [3.8, 4) is 0 Å². The van der Waals surface area contributed by atoms with Crippen molar-refractivity contribution in [1.82, 2.24) is 19.5 Å². The van der Waals surface area contributed by atoms with E-state index in [-0.39, 0.29) is 42.2 Å². The zero-order chi connectivity index (χ0) is 23.1. The maximum Gasteiger partial charge on any atom is 0.280 e. The monoisotopic (exact) mass is 457 g/mol. The van der Waals surface area contributed by atoms with E-state index in [0.717, 1.165) is 5.56 Å². The van der Waals surface area contributed by atoms with E-state index >= 15 is 4.39 Å². The molecule has 0 saturated carbocycles. The zero-order valence-electron chi connectivity index (χ0n) is 18.1. The molecule has 0 spiro atoms. The van der Waals surface area contributed by atoms with Crippen molar-refractivity contribution >= 4 is 23.0 Å². The topological polar surface area (TPSA) is 120 Å². The fourth-order valence-corrected chi connectivity index (χ4v) is 4.01. The number of carbonyl (C=O) groups excluding carboxylic acids is 1. The molecule has 0 bridgehead atoms. The number of amides is 1. The Balaban J connectivity index is 1.43. The number of benzene rings is 1. The summed E-state index contributed by atoms with van der Waals surface area (Å²) in [6.07, 6.45) is -2.24. The molecule has 0 aliphatic carbocycles. The number of hydrogen-bond donors (Lipinski definition) is 2. The molecular formula is C22H24FN5O5. The molecule has 10 nitrogen and oxygen atoms in total. The summed E-state index contributed by atoms with van der Waals surface area (Å²) in [5.41, 5.74) is 0.451. The average molecular weight is 457 g/mol. The molecule has 1 aromatic carbocycles. The normalized spacial score (nSPS) is 27.5. The number of nitrogens with zero attached hydrogens (tertiary/aromatic N) is 3. The highest BCUT2D eigenvalue weighted by Gasteiger charge is 2.47. The Morgan fingerprint density at radius 2 is 2.03 bits per heavy atom. The second-order valence-corrected chi connectivity index (χ2v) is 8.44. The van der Waals surface area contributed by atoms with Gasteiger partial charge in [-0.05, 0) is 0 Å². The van der Waals surface area contributed by atoms with Crippen LogP contribution in [0.4, 0.5) is 10.3 Å². The molecule has 11 heteroatoms. The first-order chi connectivity index (χ1) is 15.9. The van der Waals surface area contributed by atoms with Crippen LogP contribution in [0, 0.1) is 5.92 Å². The zero-order valence-corrected chi connectivity index (χ0v) is 18.1. The van der Waals surface area contributed by atoms with Crippen LogP contribution in [0.5, 0.6) is 0 Å². The van der Waals surface area contributed by atoms with E-state index in [1.54, 1.807) is 13.8 Å². The van der Waals surface area contributed by atoms with Gasteiger partial charge in [-0.1, -0.05) is 44.2 Å². The van der Waals surface area contributed by atoms with Crippen LogP contribution in [0.3, 0.4) is 0 Å². The average Bonchev–Trinajstić information content (AvgIpc) is 3.24. The van der Waals surface area contributed by atoms with E-state index in [1.807, 2.05) is 30.3 Å². The smallest absolute Gasteiger partial charge is 0.280 e. The van der Waals surface area contributed by atoms with Gasteiger partial charge in [-0.25, -0.2) is 9.37 Å². The summed E-state index contributed by atoms with van der Waals surface area (Å²) >= 11 is 0. The van der Waals surface area contributed by atoms with E-state index < -0.39 is 36.3 Å². The number of anilines is 1. The second-order valence-electron chi connectivity index (χ2n) is 8.44. The number of alkyl halides is 1. The molecular weight excluding hydrogens is 433 g/mol. The number of nitrogens with one attached hydrogen (secondary N) is 2. The van der Waals surface area contributed by atoms with E-state index in [4.69, 9.17) is 14.2 Å². The first-order valence-corrected chi connectivity index (χ1v) is 10.8. The summed E-state index contributed by atoms with van der Waals surface area (Å²) in [6, 6.07) is 8.48. The molecule has 2 saturated heterocycles. The van der Waals surface area contributed by atoms with Gasteiger partial charge in [-0.15, -0.1) is 0 Å². The first kappa shape index (κ1) is 21.7. The van der Waals surface area contributed by atoms with Crippen LogP contribution in [-0.4, -0.2) is 57.0 Å². The predicted octanol–water partition coefficient (Wildman–Crippen LogP) is 2.11. The van der Waals surface area contributed by atoms with Gasteiger partial charge >= 0.3 is 0 Å². The minimum atomic E-state index is -1.47. The molecule has 2 N–H and O–H groups in total. The molecule has 2 aliphatic rings. The van der Waals surface area contributed by atoms with Gasteiger partial charge in [0.25, 0.3) is 5.56 Å². The summed E-state index contributed by atoms with van der Waals surface area (Å²) < 4.78 is 34.8. The first-order valence-electron chi connectivity index (χ1n) is 10.8. The van der Waals surface area contributed by atoms with E-state index in [2.05, 4.69) is 20.3 Å². The lowest BCUT2D eigenvalue weighted by molar-refractivity contribution is -0.298. The number of fused-ring (bicyclic) bond motifs is 2. The summed E-state index contributed by atoms with van der Waals surface area (Å²) in [5.74, 6) is -0.638. The number of ether oxygens (including phenoxy) is 3. The molecule has 2 aromatic heterocycles. The largest absolute Gasteiger partial charge is 0.371 e. The maximum absolute atomic E-state index is 15.8. The van der Waals surface area contributed by atoms with E-state index in [9.17, 15) is 9.59 Å². The highest BCUT2D eigenvalue weighted by Crippen LogP contribution is 2.37. The molecule has 3 aromatic rings. The molecule has 5 rings (SSSR count). The lowest BCUT2D eigenvalue weighted by Gasteiger charge is -2.44. The van der Waals surface area contributed by atoms with Gasteiger partial charge in [0.2, 0.25) is 11.9 Å². The minimum absolute atomic E-state index is 0.0237. The van der Waals surface area contributed by atoms with Crippen LogP contribution < -0.4 is 10.9 Å². The summed E-state index contributed by atoms with van der Waals surface area (Å²) in [5, 5.41) is 2.56. The SMILES string of the molecule is CC(C)C(=O)Nc1nc2c(ncn2[C@@H]2CO[C@@H]3CO[C@@H](c4ccccc4)OC3[C@H]2F)c(=O)[nH]1. The van der Waals surface area contributed by atoms with E-state index in [1.165, 1.54) is 10.9 Å². The molecule has 4 heterocycles. The van der Waals surface area contributed by atoms with Crippen molar-refractivity contribution in [2.45, 2.75) is 44.6 Å². The number of aromatic nitrogens is 4. The second kappa shape index (κ2) is 8.65. The summed E-state index contributed by atoms with van der Waals surface area (Å²) in [4.78, 5) is 35.4. The van der Waals surface area contributed by atoms with Crippen molar-refractivity contribution in [2.75, 3.05) is 18.5 Å². The molecule has 2 aliphatic heterocycles. The third-order valence-electron chi connectivity index (χ3n) is 5.85. The van der Waals surface area contributed by atoms with Gasteiger partial charge in [-0.3, -0.25) is 19.9 Å². The predicted molar refractivity (Wildman–Crippen MR) is 115 cm³/mol. The lowest BCUT2D eigenvalue weighted by Crippen LogP contribution is -2.54.